The molecule has 2 aromatic rings. The Hall–Kier alpha value is -1.75. The van der Waals surface area contributed by atoms with Crippen LogP contribution >= 0.6 is 0 Å². The van der Waals surface area contributed by atoms with E-state index in [1.54, 1.807) is 0 Å². The monoisotopic (exact) mass is 277 g/mol. The van der Waals surface area contributed by atoms with Gasteiger partial charge >= 0.3 is 0 Å². The summed E-state index contributed by atoms with van der Waals surface area (Å²) >= 11 is 0. The zero-order valence-corrected chi connectivity index (χ0v) is 11.4. The molecule has 0 saturated carbocycles. The van der Waals surface area contributed by atoms with Crippen LogP contribution < -0.4 is 0 Å². The van der Waals surface area contributed by atoms with Crippen molar-refractivity contribution in [2.45, 2.75) is 25.9 Å². The highest BCUT2D eigenvalue weighted by Crippen LogP contribution is 2.23. The van der Waals surface area contributed by atoms with Gasteiger partial charge in [0.15, 0.2) is 0 Å². The Morgan fingerprint density at radius 2 is 2.00 bits per heavy atom. The van der Waals surface area contributed by atoms with Crippen LogP contribution in [0, 0.1) is 18.6 Å². The van der Waals surface area contributed by atoms with Gasteiger partial charge in [-0.25, -0.2) is 8.78 Å². The van der Waals surface area contributed by atoms with Gasteiger partial charge in [0.1, 0.15) is 11.6 Å². The van der Waals surface area contributed by atoms with Crippen LogP contribution in [0.4, 0.5) is 8.78 Å². The maximum Gasteiger partial charge on any atom is 0.126 e. The van der Waals surface area contributed by atoms with E-state index >= 15 is 0 Å². The lowest BCUT2D eigenvalue weighted by Gasteiger charge is -2.16. The summed E-state index contributed by atoms with van der Waals surface area (Å²) in [6, 6.07) is 4.05. The van der Waals surface area contributed by atoms with Crippen LogP contribution in [0.25, 0.3) is 0 Å². The quantitative estimate of drug-likeness (QED) is 0.860. The summed E-state index contributed by atoms with van der Waals surface area (Å²) in [4.78, 5) is 2.20. The molecule has 1 unspecified atom stereocenters. The van der Waals surface area contributed by atoms with Gasteiger partial charge in [0, 0.05) is 31.9 Å². The molecule has 1 aromatic heterocycles. The number of halogens is 2. The van der Waals surface area contributed by atoms with E-state index < -0.39 is 11.6 Å². The van der Waals surface area contributed by atoms with Crippen molar-refractivity contribution in [1.82, 2.24) is 14.7 Å². The topological polar surface area (TPSA) is 21.1 Å². The van der Waals surface area contributed by atoms with Crippen molar-refractivity contribution in [3.63, 3.8) is 0 Å². The van der Waals surface area contributed by atoms with E-state index in [2.05, 4.69) is 10.00 Å². The number of nitrogens with zero attached hydrogens (tertiary/aromatic N) is 3. The number of hydrogen-bond acceptors (Lipinski definition) is 2. The lowest BCUT2D eigenvalue weighted by Crippen LogP contribution is -2.21. The number of benzene rings is 1. The molecule has 1 fully saturated rings. The molecule has 20 heavy (non-hydrogen) atoms. The lowest BCUT2D eigenvalue weighted by atomic mass is 10.2. The molecule has 106 valence electrons. The van der Waals surface area contributed by atoms with Gasteiger partial charge in [0.05, 0.1) is 12.2 Å². The average Bonchev–Trinajstić information content (AvgIpc) is 2.96. The molecule has 2 heterocycles. The molecule has 0 N–H and O–H groups in total. The first-order chi connectivity index (χ1) is 9.60. The fourth-order valence-corrected chi connectivity index (χ4v) is 2.76. The van der Waals surface area contributed by atoms with Crippen LogP contribution in [0.5, 0.6) is 0 Å². The van der Waals surface area contributed by atoms with Crippen LogP contribution in [0.3, 0.4) is 0 Å². The Morgan fingerprint density at radius 1 is 1.25 bits per heavy atom. The Labute approximate surface area is 116 Å². The molecule has 0 bridgehead atoms. The molecule has 0 aliphatic carbocycles. The second kappa shape index (κ2) is 5.32. The Kier molecular flexibility index (Phi) is 3.53. The molecule has 0 radical (unpaired) electrons. The first-order valence-electron chi connectivity index (χ1n) is 6.78. The standard InChI is InChI=1S/C15H17F2N3/c1-11-7-18-20(8-11)15-2-3-19(10-15)9-12-4-13(16)6-14(17)5-12/h4-8,15H,2-3,9-10H2,1H3. The summed E-state index contributed by atoms with van der Waals surface area (Å²) in [5, 5.41) is 4.34. The van der Waals surface area contributed by atoms with E-state index in [1.165, 1.54) is 12.1 Å². The van der Waals surface area contributed by atoms with Crippen molar-refractivity contribution in [1.29, 1.82) is 0 Å². The number of likely N-dealkylation sites (tertiary alicyclic amines) is 1. The maximum absolute atomic E-state index is 13.2. The zero-order chi connectivity index (χ0) is 14.1. The van der Waals surface area contributed by atoms with Gasteiger partial charge in [-0.3, -0.25) is 9.58 Å². The predicted octanol–water partition coefficient (Wildman–Crippen LogP) is 2.92. The van der Waals surface area contributed by atoms with Crippen LogP contribution in [0.15, 0.2) is 30.6 Å². The summed E-state index contributed by atoms with van der Waals surface area (Å²) in [6.45, 7) is 4.37. The van der Waals surface area contributed by atoms with Gasteiger partial charge in [-0.1, -0.05) is 0 Å². The molecule has 1 aromatic carbocycles. The van der Waals surface area contributed by atoms with Gasteiger partial charge in [-0.2, -0.15) is 5.10 Å². The van der Waals surface area contributed by atoms with Gasteiger partial charge in [-0.15, -0.1) is 0 Å². The molecule has 1 atom stereocenters. The van der Waals surface area contributed by atoms with Crippen LogP contribution in [0.1, 0.15) is 23.6 Å². The zero-order valence-electron chi connectivity index (χ0n) is 11.4. The third-order valence-corrected chi connectivity index (χ3v) is 3.68. The maximum atomic E-state index is 13.2. The van der Waals surface area contributed by atoms with E-state index in [-0.39, 0.29) is 0 Å². The van der Waals surface area contributed by atoms with Gasteiger partial charge in [0.25, 0.3) is 0 Å². The fourth-order valence-electron chi connectivity index (χ4n) is 2.76. The number of rotatable bonds is 3. The molecular formula is C15H17F2N3. The molecule has 1 aliphatic rings. The summed E-state index contributed by atoms with van der Waals surface area (Å²) in [5.74, 6) is -1.03. The average molecular weight is 277 g/mol. The summed E-state index contributed by atoms with van der Waals surface area (Å²) in [7, 11) is 0. The van der Waals surface area contributed by atoms with Crippen molar-refractivity contribution in [3.05, 3.63) is 53.4 Å². The van der Waals surface area contributed by atoms with Gasteiger partial charge in [0.2, 0.25) is 0 Å². The van der Waals surface area contributed by atoms with Crippen LogP contribution in [0.2, 0.25) is 0 Å². The minimum absolute atomic E-state index is 0.349. The molecular weight excluding hydrogens is 260 g/mol. The second-order valence-electron chi connectivity index (χ2n) is 5.45. The normalized spacial score (nSPS) is 19.6. The Morgan fingerprint density at radius 3 is 2.65 bits per heavy atom. The second-order valence-corrected chi connectivity index (χ2v) is 5.45. The fraction of sp³-hybridized carbons (Fsp3) is 0.400. The van der Waals surface area contributed by atoms with E-state index in [1.807, 2.05) is 24.0 Å². The first-order valence-corrected chi connectivity index (χ1v) is 6.78. The van der Waals surface area contributed by atoms with Crippen molar-refractivity contribution < 1.29 is 8.78 Å². The molecule has 3 nitrogen and oxygen atoms in total. The minimum Gasteiger partial charge on any atom is -0.297 e. The first kappa shape index (κ1) is 13.2. The van der Waals surface area contributed by atoms with Crippen molar-refractivity contribution in [3.8, 4) is 0 Å². The van der Waals surface area contributed by atoms with Crippen LogP contribution in [-0.4, -0.2) is 27.8 Å². The summed E-state index contributed by atoms with van der Waals surface area (Å²) in [6.07, 6.45) is 4.90. The SMILES string of the molecule is Cc1cnn(C2CCN(Cc3cc(F)cc(F)c3)C2)c1. The summed E-state index contributed by atoms with van der Waals surface area (Å²) in [5.41, 5.74) is 1.83. The Bertz CT molecular complexity index is 589. The largest absolute Gasteiger partial charge is 0.297 e. The van der Waals surface area contributed by atoms with Gasteiger partial charge in [-0.05, 0) is 36.6 Å². The van der Waals surface area contributed by atoms with E-state index in [0.717, 1.165) is 31.1 Å². The van der Waals surface area contributed by atoms with Gasteiger partial charge < -0.3 is 0 Å². The molecule has 1 saturated heterocycles. The smallest absolute Gasteiger partial charge is 0.126 e. The van der Waals surface area contributed by atoms with Crippen LogP contribution in [-0.2, 0) is 6.54 Å². The van der Waals surface area contributed by atoms with E-state index in [4.69, 9.17) is 0 Å². The molecule has 3 rings (SSSR count). The highest BCUT2D eigenvalue weighted by molar-refractivity contribution is 5.18. The number of hydrogen-bond donors (Lipinski definition) is 0. The molecule has 5 heteroatoms. The predicted molar refractivity (Wildman–Crippen MR) is 72.3 cm³/mol. The van der Waals surface area contributed by atoms with E-state index in [0.29, 0.717) is 18.2 Å². The third-order valence-electron chi connectivity index (χ3n) is 3.68. The Balaban J connectivity index is 1.65. The number of aromatic nitrogens is 2. The third kappa shape index (κ3) is 2.88. The van der Waals surface area contributed by atoms with Crippen molar-refractivity contribution in [2.75, 3.05) is 13.1 Å². The van der Waals surface area contributed by atoms with Crippen molar-refractivity contribution >= 4 is 0 Å². The lowest BCUT2D eigenvalue weighted by molar-refractivity contribution is 0.310. The van der Waals surface area contributed by atoms with E-state index in [9.17, 15) is 8.78 Å². The highest BCUT2D eigenvalue weighted by Gasteiger charge is 2.24. The summed E-state index contributed by atoms with van der Waals surface area (Å²) < 4.78 is 28.3. The highest BCUT2D eigenvalue weighted by atomic mass is 19.1. The number of aryl methyl sites for hydroxylation is 1. The molecule has 1 aliphatic heterocycles. The molecule has 0 spiro atoms. The minimum atomic E-state index is -0.515. The molecule has 0 amide bonds. The van der Waals surface area contributed by atoms with Crippen molar-refractivity contribution in [2.24, 2.45) is 0 Å².